The Kier molecular flexibility index (Phi) is 7.32. The van der Waals surface area contributed by atoms with Gasteiger partial charge in [0.25, 0.3) is 0 Å². The Labute approximate surface area is 119 Å². The van der Waals surface area contributed by atoms with E-state index in [-0.39, 0.29) is 0 Å². The minimum atomic E-state index is -3.06. The predicted octanol–water partition coefficient (Wildman–Crippen LogP) is 2.22. The van der Waals surface area contributed by atoms with E-state index in [0.29, 0.717) is 30.8 Å². The van der Waals surface area contributed by atoms with Gasteiger partial charge in [-0.3, -0.25) is 0 Å². The second-order valence-electron chi connectivity index (χ2n) is 5.72. The van der Waals surface area contributed by atoms with Crippen LogP contribution in [0, 0.1) is 5.92 Å². The number of unbranched alkanes of at least 4 members (excludes halogenated alkanes) is 1. The van der Waals surface area contributed by atoms with Crippen molar-refractivity contribution < 1.29 is 8.42 Å². The molecular formula is C14H30N2O2S. The Morgan fingerprint density at radius 2 is 1.95 bits per heavy atom. The van der Waals surface area contributed by atoms with Gasteiger partial charge >= 0.3 is 0 Å². The van der Waals surface area contributed by atoms with Gasteiger partial charge in [-0.2, -0.15) is 0 Å². The number of hydrogen-bond donors (Lipinski definition) is 1. The average molecular weight is 290 g/mol. The first-order valence-electron chi connectivity index (χ1n) is 7.70. The summed E-state index contributed by atoms with van der Waals surface area (Å²) in [5.74, 6) is 0.732. The highest BCUT2D eigenvalue weighted by atomic mass is 32.2. The summed E-state index contributed by atoms with van der Waals surface area (Å²) < 4.78 is 26.1. The molecular weight excluding hydrogens is 260 g/mol. The molecule has 1 atom stereocenters. The lowest BCUT2D eigenvalue weighted by Crippen LogP contribution is -2.36. The summed E-state index contributed by atoms with van der Waals surface area (Å²) in [7, 11) is -3.06. The van der Waals surface area contributed by atoms with Gasteiger partial charge in [-0.15, -0.1) is 0 Å². The summed E-state index contributed by atoms with van der Waals surface area (Å²) in [5.41, 5.74) is 0. The SMILES string of the molecule is CCC(C)CN(CC)S(=O)(=O)CCCCNC1CC1. The molecule has 0 saturated heterocycles. The molecule has 0 radical (unpaired) electrons. The van der Waals surface area contributed by atoms with Gasteiger partial charge in [0.05, 0.1) is 5.75 Å². The molecule has 1 rings (SSSR count). The van der Waals surface area contributed by atoms with E-state index >= 15 is 0 Å². The molecule has 1 saturated carbocycles. The van der Waals surface area contributed by atoms with Crippen LogP contribution in [0.5, 0.6) is 0 Å². The van der Waals surface area contributed by atoms with Crippen LogP contribution >= 0.6 is 0 Å². The molecule has 1 N–H and O–H groups in total. The van der Waals surface area contributed by atoms with Crippen molar-refractivity contribution in [2.45, 2.75) is 58.9 Å². The highest BCUT2D eigenvalue weighted by Gasteiger charge is 2.22. The highest BCUT2D eigenvalue weighted by molar-refractivity contribution is 7.89. The molecule has 19 heavy (non-hydrogen) atoms. The molecule has 0 bridgehead atoms. The van der Waals surface area contributed by atoms with E-state index in [0.717, 1.165) is 25.8 Å². The Balaban J connectivity index is 2.25. The fourth-order valence-electron chi connectivity index (χ4n) is 2.05. The summed E-state index contributed by atoms with van der Waals surface area (Å²) >= 11 is 0. The average Bonchev–Trinajstić information content (AvgIpc) is 3.18. The molecule has 0 spiro atoms. The van der Waals surface area contributed by atoms with Crippen molar-refractivity contribution in [1.29, 1.82) is 0 Å². The Bertz CT molecular complexity index is 339. The van der Waals surface area contributed by atoms with Gasteiger partial charge in [0.1, 0.15) is 0 Å². The van der Waals surface area contributed by atoms with Crippen molar-refractivity contribution >= 4 is 10.0 Å². The zero-order valence-electron chi connectivity index (χ0n) is 12.7. The lowest BCUT2D eigenvalue weighted by molar-refractivity contribution is 0.361. The summed E-state index contributed by atoms with van der Waals surface area (Å²) in [6, 6.07) is 0.717. The molecule has 1 aliphatic rings. The normalized spacial score (nSPS) is 17.9. The third-order valence-corrected chi connectivity index (χ3v) is 5.80. The van der Waals surface area contributed by atoms with E-state index in [1.165, 1.54) is 12.8 Å². The first-order valence-corrected chi connectivity index (χ1v) is 9.31. The molecule has 0 amide bonds. The predicted molar refractivity (Wildman–Crippen MR) is 80.7 cm³/mol. The second kappa shape index (κ2) is 8.22. The zero-order chi connectivity index (χ0) is 14.3. The van der Waals surface area contributed by atoms with E-state index in [4.69, 9.17) is 0 Å². The van der Waals surface area contributed by atoms with Gasteiger partial charge in [-0.05, 0) is 38.1 Å². The van der Waals surface area contributed by atoms with E-state index in [1.54, 1.807) is 4.31 Å². The van der Waals surface area contributed by atoms with Gasteiger partial charge in [-0.25, -0.2) is 12.7 Å². The molecule has 1 unspecified atom stereocenters. The first kappa shape index (κ1) is 16.9. The largest absolute Gasteiger partial charge is 0.314 e. The van der Waals surface area contributed by atoms with Gasteiger partial charge in [0.15, 0.2) is 0 Å². The van der Waals surface area contributed by atoms with Crippen LogP contribution in [0.4, 0.5) is 0 Å². The minimum absolute atomic E-state index is 0.295. The van der Waals surface area contributed by atoms with Crippen molar-refractivity contribution in [3.63, 3.8) is 0 Å². The molecule has 0 heterocycles. The fraction of sp³-hybridized carbons (Fsp3) is 1.00. The maximum Gasteiger partial charge on any atom is 0.214 e. The number of hydrogen-bond acceptors (Lipinski definition) is 3. The summed E-state index contributed by atoms with van der Waals surface area (Å²) in [5, 5.41) is 3.42. The van der Waals surface area contributed by atoms with E-state index in [1.807, 2.05) is 6.92 Å². The highest BCUT2D eigenvalue weighted by Crippen LogP contribution is 2.18. The van der Waals surface area contributed by atoms with Gasteiger partial charge in [0, 0.05) is 19.1 Å². The molecule has 0 aliphatic heterocycles. The number of nitrogens with zero attached hydrogens (tertiary/aromatic N) is 1. The van der Waals surface area contributed by atoms with Gasteiger partial charge in [0.2, 0.25) is 10.0 Å². The van der Waals surface area contributed by atoms with Crippen molar-refractivity contribution in [1.82, 2.24) is 9.62 Å². The third kappa shape index (κ3) is 6.72. The standard InChI is InChI=1S/C14H30N2O2S/c1-4-13(3)12-16(5-2)19(17,18)11-7-6-10-15-14-8-9-14/h13-15H,4-12H2,1-3H3. The monoisotopic (exact) mass is 290 g/mol. The maximum absolute atomic E-state index is 12.2. The fourth-order valence-corrected chi connectivity index (χ4v) is 3.75. The van der Waals surface area contributed by atoms with Crippen molar-refractivity contribution in [2.24, 2.45) is 5.92 Å². The summed E-state index contributed by atoms with van der Waals surface area (Å²) in [6.07, 6.45) is 5.32. The Morgan fingerprint density at radius 1 is 1.26 bits per heavy atom. The van der Waals surface area contributed by atoms with Crippen LogP contribution in [-0.4, -0.2) is 44.2 Å². The number of rotatable bonds is 11. The quantitative estimate of drug-likeness (QED) is 0.594. The molecule has 5 heteroatoms. The summed E-state index contributed by atoms with van der Waals surface area (Å²) in [4.78, 5) is 0. The topological polar surface area (TPSA) is 49.4 Å². The maximum atomic E-state index is 12.2. The Morgan fingerprint density at radius 3 is 2.47 bits per heavy atom. The third-order valence-electron chi connectivity index (χ3n) is 3.80. The van der Waals surface area contributed by atoms with Crippen LogP contribution in [0.1, 0.15) is 52.9 Å². The van der Waals surface area contributed by atoms with E-state index < -0.39 is 10.0 Å². The lowest BCUT2D eigenvalue weighted by Gasteiger charge is -2.23. The Hall–Kier alpha value is -0.130. The van der Waals surface area contributed by atoms with Crippen molar-refractivity contribution in [3.8, 4) is 0 Å². The molecule has 0 aromatic heterocycles. The van der Waals surface area contributed by atoms with E-state index in [2.05, 4.69) is 19.2 Å². The second-order valence-corrected chi connectivity index (χ2v) is 7.80. The van der Waals surface area contributed by atoms with Crippen LogP contribution in [0.2, 0.25) is 0 Å². The molecule has 0 aromatic carbocycles. The molecule has 4 nitrogen and oxygen atoms in total. The summed E-state index contributed by atoms with van der Waals surface area (Å²) in [6.45, 7) is 8.35. The molecule has 1 aliphatic carbocycles. The van der Waals surface area contributed by atoms with Crippen LogP contribution in [-0.2, 0) is 10.0 Å². The molecule has 0 aromatic rings. The lowest BCUT2D eigenvalue weighted by atomic mass is 10.1. The van der Waals surface area contributed by atoms with E-state index in [9.17, 15) is 8.42 Å². The van der Waals surface area contributed by atoms with Gasteiger partial charge < -0.3 is 5.32 Å². The minimum Gasteiger partial charge on any atom is -0.314 e. The molecule has 1 fully saturated rings. The van der Waals surface area contributed by atoms with Crippen LogP contribution in [0.25, 0.3) is 0 Å². The van der Waals surface area contributed by atoms with Crippen molar-refractivity contribution in [3.05, 3.63) is 0 Å². The van der Waals surface area contributed by atoms with Crippen LogP contribution in [0.15, 0.2) is 0 Å². The van der Waals surface area contributed by atoms with Gasteiger partial charge in [-0.1, -0.05) is 27.2 Å². The van der Waals surface area contributed by atoms with Crippen molar-refractivity contribution in [2.75, 3.05) is 25.4 Å². The zero-order valence-corrected chi connectivity index (χ0v) is 13.5. The van der Waals surface area contributed by atoms with Crippen LogP contribution in [0.3, 0.4) is 0 Å². The first-order chi connectivity index (χ1) is 8.99. The van der Waals surface area contributed by atoms with Crippen LogP contribution < -0.4 is 5.32 Å². The smallest absolute Gasteiger partial charge is 0.214 e. The number of sulfonamides is 1. The molecule has 114 valence electrons. The number of nitrogens with one attached hydrogen (secondary N) is 1.